The van der Waals surface area contributed by atoms with E-state index < -0.39 is 18.4 Å². The Morgan fingerprint density at radius 3 is 2.54 bits per heavy atom. The van der Waals surface area contributed by atoms with Crippen molar-refractivity contribution in [3.8, 4) is 11.5 Å². The van der Waals surface area contributed by atoms with Gasteiger partial charge in [-0.1, -0.05) is 30.3 Å². The highest BCUT2D eigenvalue weighted by molar-refractivity contribution is 5.90. The molecule has 8 heteroatoms. The Bertz CT molecular complexity index is 740. The van der Waals surface area contributed by atoms with Crippen LogP contribution in [0.25, 0.3) is 0 Å². The number of urea groups is 1. The molecule has 6 nitrogen and oxygen atoms in total. The van der Waals surface area contributed by atoms with Crippen LogP contribution in [0.2, 0.25) is 0 Å². The minimum atomic E-state index is -3.71. The van der Waals surface area contributed by atoms with Gasteiger partial charge in [-0.15, -0.1) is 8.78 Å². The van der Waals surface area contributed by atoms with E-state index in [1.54, 1.807) is 24.3 Å². The second-order valence-corrected chi connectivity index (χ2v) is 5.07. The van der Waals surface area contributed by atoms with Crippen LogP contribution in [0.1, 0.15) is 11.6 Å². The van der Waals surface area contributed by atoms with E-state index >= 15 is 0 Å². The molecule has 3 rings (SSSR count). The van der Waals surface area contributed by atoms with Gasteiger partial charge in [0.25, 0.3) is 0 Å². The summed E-state index contributed by atoms with van der Waals surface area (Å²) in [5.74, 6) is -0.275. The Morgan fingerprint density at radius 1 is 1.12 bits per heavy atom. The van der Waals surface area contributed by atoms with Gasteiger partial charge in [0.1, 0.15) is 0 Å². The van der Waals surface area contributed by atoms with E-state index in [0.717, 1.165) is 5.56 Å². The van der Waals surface area contributed by atoms with Crippen molar-refractivity contribution >= 4 is 11.7 Å². The van der Waals surface area contributed by atoms with Gasteiger partial charge < -0.3 is 25.2 Å². The largest absolute Gasteiger partial charge is 0.586 e. The molecule has 2 aromatic carbocycles. The SMILES string of the molecule is O=C(Nc1ccc2c(c1)OC(F)(F)O2)N[C@H](CO)c1ccccc1. The number of halogens is 2. The maximum atomic E-state index is 13.0. The fourth-order valence-corrected chi connectivity index (χ4v) is 2.27. The summed E-state index contributed by atoms with van der Waals surface area (Å²) in [6.07, 6.45) is -3.71. The molecule has 126 valence electrons. The minimum absolute atomic E-state index is 0.108. The van der Waals surface area contributed by atoms with Crippen molar-refractivity contribution in [3.05, 3.63) is 54.1 Å². The molecule has 0 radical (unpaired) electrons. The first-order valence-corrected chi connectivity index (χ1v) is 7.10. The van der Waals surface area contributed by atoms with Crippen molar-refractivity contribution in [1.82, 2.24) is 5.32 Å². The summed E-state index contributed by atoms with van der Waals surface area (Å²) in [5.41, 5.74) is 0.984. The number of carbonyl (C=O) groups is 1. The number of hydrogen-bond acceptors (Lipinski definition) is 4. The third kappa shape index (κ3) is 3.54. The number of ether oxygens (including phenoxy) is 2. The molecule has 0 saturated heterocycles. The molecule has 2 amide bonds. The van der Waals surface area contributed by atoms with Crippen molar-refractivity contribution in [2.45, 2.75) is 12.3 Å². The molecule has 1 atom stereocenters. The molecular formula is C16H14F2N2O4. The van der Waals surface area contributed by atoms with Crippen molar-refractivity contribution < 1.29 is 28.2 Å². The first-order chi connectivity index (χ1) is 11.5. The van der Waals surface area contributed by atoms with Gasteiger partial charge in [0.05, 0.1) is 12.6 Å². The number of alkyl halides is 2. The molecule has 2 aromatic rings. The lowest BCUT2D eigenvalue weighted by Crippen LogP contribution is -2.34. The summed E-state index contributed by atoms with van der Waals surface area (Å²) >= 11 is 0. The van der Waals surface area contributed by atoms with Gasteiger partial charge in [-0.3, -0.25) is 0 Å². The van der Waals surface area contributed by atoms with Crippen molar-refractivity contribution in [3.63, 3.8) is 0 Å². The van der Waals surface area contributed by atoms with E-state index in [2.05, 4.69) is 20.1 Å². The Labute approximate surface area is 136 Å². The van der Waals surface area contributed by atoms with Gasteiger partial charge in [-0.05, 0) is 17.7 Å². The summed E-state index contributed by atoms with van der Waals surface area (Å²) in [4.78, 5) is 12.0. The van der Waals surface area contributed by atoms with Gasteiger partial charge in [-0.2, -0.15) is 0 Å². The van der Waals surface area contributed by atoms with Gasteiger partial charge in [-0.25, -0.2) is 4.79 Å². The Kier molecular flexibility index (Phi) is 4.22. The third-order valence-corrected chi connectivity index (χ3v) is 3.35. The molecule has 3 N–H and O–H groups in total. The lowest BCUT2D eigenvalue weighted by molar-refractivity contribution is -0.286. The summed E-state index contributed by atoms with van der Waals surface area (Å²) < 4.78 is 34.5. The molecule has 0 saturated carbocycles. The van der Waals surface area contributed by atoms with Crippen molar-refractivity contribution in [2.75, 3.05) is 11.9 Å². The average molecular weight is 336 g/mol. The molecule has 0 aromatic heterocycles. The quantitative estimate of drug-likeness (QED) is 0.802. The Hall–Kier alpha value is -2.87. The Balaban J connectivity index is 1.65. The van der Waals surface area contributed by atoms with Gasteiger partial charge in [0.2, 0.25) is 0 Å². The molecule has 24 heavy (non-hydrogen) atoms. The van der Waals surface area contributed by atoms with E-state index in [0.29, 0.717) is 0 Å². The number of amides is 2. The van der Waals surface area contributed by atoms with Crippen LogP contribution in [0, 0.1) is 0 Å². The zero-order chi connectivity index (χ0) is 17.2. The summed E-state index contributed by atoms with van der Waals surface area (Å²) in [7, 11) is 0. The van der Waals surface area contributed by atoms with Crippen molar-refractivity contribution in [1.29, 1.82) is 0 Å². The van der Waals surface area contributed by atoms with Crippen LogP contribution in [0.15, 0.2) is 48.5 Å². The van der Waals surface area contributed by atoms with Gasteiger partial charge >= 0.3 is 12.3 Å². The summed E-state index contributed by atoms with van der Waals surface area (Å²) in [6.45, 7) is -0.287. The fourth-order valence-electron chi connectivity index (χ4n) is 2.27. The zero-order valence-electron chi connectivity index (χ0n) is 12.3. The number of benzene rings is 2. The molecular weight excluding hydrogens is 322 g/mol. The number of rotatable bonds is 4. The van der Waals surface area contributed by atoms with Crippen LogP contribution in [-0.2, 0) is 0 Å². The molecule has 0 bridgehead atoms. The summed E-state index contributed by atoms with van der Waals surface area (Å²) in [6, 6.07) is 11.6. The number of aliphatic hydroxyl groups is 1. The number of fused-ring (bicyclic) bond motifs is 1. The molecule has 0 aliphatic carbocycles. The number of aliphatic hydroxyl groups excluding tert-OH is 1. The average Bonchev–Trinajstić information content (AvgIpc) is 2.86. The minimum Gasteiger partial charge on any atom is -0.395 e. The van der Waals surface area contributed by atoms with E-state index in [4.69, 9.17) is 0 Å². The molecule has 0 fully saturated rings. The monoisotopic (exact) mass is 336 g/mol. The van der Waals surface area contributed by atoms with Crippen molar-refractivity contribution in [2.24, 2.45) is 0 Å². The molecule has 1 aliphatic heterocycles. The summed E-state index contributed by atoms with van der Waals surface area (Å²) in [5, 5.41) is 14.5. The predicted molar refractivity (Wildman–Crippen MR) is 81.1 cm³/mol. The molecule has 1 heterocycles. The standard InChI is InChI=1S/C16H14F2N2O4/c17-16(18)23-13-7-6-11(8-14(13)24-16)19-15(22)20-12(9-21)10-4-2-1-3-5-10/h1-8,12,21H,9H2,(H2,19,20,22)/t12-/m1/s1. The third-order valence-electron chi connectivity index (χ3n) is 3.35. The number of anilines is 1. The molecule has 0 unspecified atom stereocenters. The maximum Gasteiger partial charge on any atom is 0.586 e. The fraction of sp³-hybridized carbons (Fsp3) is 0.188. The van der Waals surface area contributed by atoms with Crippen LogP contribution in [0.5, 0.6) is 11.5 Å². The Morgan fingerprint density at radius 2 is 1.83 bits per heavy atom. The number of carbonyl (C=O) groups excluding carboxylic acids is 1. The van der Waals surface area contributed by atoms with Crippen LogP contribution in [-0.4, -0.2) is 24.0 Å². The van der Waals surface area contributed by atoms with E-state index in [1.165, 1.54) is 18.2 Å². The second kappa shape index (κ2) is 6.32. The number of nitrogens with one attached hydrogen (secondary N) is 2. The lowest BCUT2D eigenvalue weighted by Gasteiger charge is -2.17. The van der Waals surface area contributed by atoms with Crippen LogP contribution >= 0.6 is 0 Å². The normalized spacial score (nSPS) is 15.6. The highest BCUT2D eigenvalue weighted by atomic mass is 19.3. The van der Waals surface area contributed by atoms with Crippen LogP contribution in [0.3, 0.4) is 0 Å². The van der Waals surface area contributed by atoms with Gasteiger partial charge in [0, 0.05) is 11.8 Å². The highest BCUT2D eigenvalue weighted by Crippen LogP contribution is 2.42. The van der Waals surface area contributed by atoms with E-state index in [-0.39, 0.29) is 23.8 Å². The first kappa shape index (κ1) is 16.0. The molecule has 0 spiro atoms. The number of hydrogen-bond donors (Lipinski definition) is 3. The van der Waals surface area contributed by atoms with E-state index in [9.17, 15) is 18.7 Å². The second-order valence-electron chi connectivity index (χ2n) is 5.07. The zero-order valence-corrected chi connectivity index (χ0v) is 12.3. The van der Waals surface area contributed by atoms with Crippen LogP contribution < -0.4 is 20.1 Å². The van der Waals surface area contributed by atoms with Gasteiger partial charge in [0.15, 0.2) is 11.5 Å². The highest BCUT2D eigenvalue weighted by Gasteiger charge is 2.43. The first-order valence-electron chi connectivity index (χ1n) is 7.10. The lowest BCUT2D eigenvalue weighted by atomic mass is 10.1. The van der Waals surface area contributed by atoms with Crippen LogP contribution in [0.4, 0.5) is 19.3 Å². The smallest absolute Gasteiger partial charge is 0.395 e. The molecule has 1 aliphatic rings. The van der Waals surface area contributed by atoms with E-state index in [1.807, 2.05) is 6.07 Å². The topological polar surface area (TPSA) is 79.8 Å². The maximum absolute atomic E-state index is 13.0. The predicted octanol–water partition coefficient (Wildman–Crippen LogP) is 2.86.